The van der Waals surface area contributed by atoms with Gasteiger partial charge in [0.15, 0.2) is 5.96 Å². The first-order valence-corrected chi connectivity index (χ1v) is 10.0. The maximum atomic E-state index is 12.7. The number of piperazine rings is 1. The summed E-state index contributed by atoms with van der Waals surface area (Å²) in [4.78, 5) is 23.3. The number of para-hydroxylation sites is 3. The molecule has 0 spiro atoms. The minimum Gasteiger partial charge on any atom is -0.506 e. The van der Waals surface area contributed by atoms with Crippen LogP contribution in [0.4, 0.5) is 11.4 Å². The molecule has 2 aromatic rings. The molecule has 0 bridgehead atoms. The summed E-state index contributed by atoms with van der Waals surface area (Å²) in [6, 6.07) is 15.5. The molecule has 0 aromatic heterocycles. The highest BCUT2D eigenvalue weighted by molar-refractivity contribution is 14.0. The lowest BCUT2D eigenvalue weighted by molar-refractivity contribution is -0.117. The van der Waals surface area contributed by atoms with Gasteiger partial charge in [0.25, 0.3) is 0 Å². The summed E-state index contributed by atoms with van der Waals surface area (Å²) in [7, 11) is 1.74. The molecule has 2 N–H and O–H groups in total. The first kappa shape index (κ1) is 22.2. The quantitative estimate of drug-likeness (QED) is 0.369. The second kappa shape index (κ2) is 10.0. The van der Waals surface area contributed by atoms with Gasteiger partial charge in [0.1, 0.15) is 5.75 Å². The number of phenols is 1. The van der Waals surface area contributed by atoms with Gasteiger partial charge in [-0.3, -0.25) is 9.79 Å². The highest BCUT2D eigenvalue weighted by Gasteiger charge is 2.25. The van der Waals surface area contributed by atoms with Gasteiger partial charge < -0.3 is 25.1 Å². The molecule has 30 heavy (non-hydrogen) atoms. The minimum atomic E-state index is 0. The van der Waals surface area contributed by atoms with Crippen molar-refractivity contribution in [2.75, 3.05) is 56.1 Å². The number of halogens is 1. The maximum absolute atomic E-state index is 12.7. The summed E-state index contributed by atoms with van der Waals surface area (Å²) < 4.78 is 0. The van der Waals surface area contributed by atoms with Crippen molar-refractivity contribution >= 4 is 47.2 Å². The number of carbonyl (C=O) groups excluding carboxylic acids is 1. The van der Waals surface area contributed by atoms with Crippen LogP contribution in [0.15, 0.2) is 53.5 Å². The molecule has 0 unspecified atom stereocenters. The van der Waals surface area contributed by atoms with Crippen LogP contribution in [-0.4, -0.2) is 68.2 Å². The lowest BCUT2D eigenvalue weighted by Crippen LogP contribution is -2.54. The number of aliphatic imine (C=N–C) groups is 1. The standard InChI is InChI=1S/C22H27N5O2.HI/c1-23-22(24-16-21(29)27-11-10-17-6-2-3-7-18(17)27)26-14-12-25(13-15-26)19-8-4-5-9-20(19)28;/h2-9,28H,10-16H2,1H3,(H,23,24);1H. The van der Waals surface area contributed by atoms with Crippen molar-refractivity contribution in [3.8, 4) is 5.75 Å². The van der Waals surface area contributed by atoms with Crippen LogP contribution in [0.25, 0.3) is 0 Å². The number of nitrogens with one attached hydrogen (secondary N) is 1. The Hall–Kier alpha value is -2.49. The van der Waals surface area contributed by atoms with Crippen LogP contribution >= 0.6 is 24.0 Å². The molecule has 0 atom stereocenters. The third-order valence-electron chi connectivity index (χ3n) is 5.60. The number of guanidine groups is 1. The Kier molecular flexibility index (Phi) is 7.41. The van der Waals surface area contributed by atoms with Gasteiger partial charge in [-0.15, -0.1) is 24.0 Å². The van der Waals surface area contributed by atoms with E-state index in [1.54, 1.807) is 13.1 Å². The Balaban J connectivity index is 0.00000256. The molecule has 2 aromatic carbocycles. The molecule has 2 heterocycles. The normalized spacial score (nSPS) is 16.2. The molecular formula is C22H28IN5O2. The van der Waals surface area contributed by atoms with Crippen molar-refractivity contribution in [3.05, 3.63) is 54.1 Å². The van der Waals surface area contributed by atoms with Gasteiger partial charge in [-0.25, -0.2) is 0 Å². The molecule has 4 rings (SSSR count). The van der Waals surface area contributed by atoms with Crippen LogP contribution < -0.4 is 15.1 Å². The molecule has 0 saturated carbocycles. The lowest BCUT2D eigenvalue weighted by atomic mass is 10.2. The fourth-order valence-electron chi connectivity index (χ4n) is 4.07. The van der Waals surface area contributed by atoms with Gasteiger partial charge in [0.05, 0.1) is 12.2 Å². The number of amides is 1. The number of fused-ring (bicyclic) bond motifs is 1. The Morgan fingerprint density at radius 3 is 2.37 bits per heavy atom. The van der Waals surface area contributed by atoms with Crippen LogP contribution in [0.3, 0.4) is 0 Å². The van der Waals surface area contributed by atoms with Crippen molar-refractivity contribution in [2.45, 2.75) is 6.42 Å². The molecule has 1 saturated heterocycles. The van der Waals surface area contributed by atoms with E-state index in [0.717, 1.165) is 56.5 Å². The van der Waals surface area contributed by atoms with Gasteiger partial charge in [0, 0.05) is 45.5 Å². The summed E-state index contributed by atoms with van der Waals surface area (Å²) >= 11 is 0. The number of hydrogen-bond donors (Lipinski definition) is 2. The summed E-state index contributed by atoms with van der Waals surface area (Å²) in [5, 5.41) is 13.3. The van der Waals surface area contributed by atoms with E-state index in [9.17, 15) is 9.90 Å². The van der Waals surface area contributed by atoms with Crippen LogP contribution in [0.5, 0.6) is 5.75 Å². The molecule has 7 nitrogen and oxygen atoms in total. The van der Waals surface area contributed by atoms with E-state index in [4.69, 9.17) is 0 Å². The maximum Gasteiger partial charge on any atom is 0.246 e. The van der Waals surface area contributed by atoms with E-state index in [-0.39, 0.29) is 36.4 Å². The first-order chi connectivity index (χ1) is 14.2. The van der Waals surface area contributed by atoms with Crippen molar-refractivity contribution in [1.29, 1.82) is 0 Å². The average molecular weight is 521 g/mol. The molecule has 1 fully saturated rings. The molecule has 1 amide bonds. The average Bonchev–Trinajstić information content (AvgIpc) is 3.19. The summed E-state index contributed by atoms with van der Waals surface area (Å²) in [6.07, 6.45) is 0.908. The number of hydrogen-bond acceptors (Lipinski definition) is 4. The van der Waals surface area contributed by atoms with E-state index in [2.05, 4.69) is 26.2 Å². The van der Waals surface area contributed by atoms with E-state index < -0.39 is 0 Å². The fraction of sp³-hybridized carbons (Fsp3) is 0.364. The van der Waals surface area contributed by atoms with Crippen LogP contribution in [0.1, 0.15) is 5.56 Å². The number of nitrogens with zero attached hydrogens (tertiary/aromatic N) is 4. The SMILES string of the molecule is CN=C(NCC(=O)N1CCc2ccccc21)N1CCN(c2ccccc2O)CC1.I. The predicted molar refractivity (Wildman–Crippen MR) is 131 cm³/mol. The van der Waals surface area contributed by atoms with E-state index in [1.807, 2.05) is 41.3 Å². The van der Waals surface area contributed by atoms with Crippen LogP contribution in [-0.2, 0) is 11.2 Å². The van der Waals surface area contributed by atoms with Gasteiger partial charge in [0.2, 0.25) is 5.91 Å². The predicted octanol–water partition coefficient (Wildman–Crippen LogP) is 2.30. The number of aromatic hydroxyl groups is 1. The second-order valence-electron chi connectivity index (χ2n) is 7.29. The Labute approximate surface area is 194 Å². The Morgan fingerprint density at radius 1 is 1.00 bits per heavy atom. The Morgan fingerprint density at radius 2 is 1.67 bits per heavy atom. The highest BCUT2D eigenvalue weighted by atomic mass is 127. The van der Waals surface area contributed by atoms with Gasteiger partial charge in [-0.1, -0.05) is 30.3 Å². The first-order valence-electron chi connectivity index (χ1n) is 10.0. The summed E-state index contributed by atoms with van der Waals surface area (Å²) in [6.45, 7) is 4.07. The van der Waals surface area contributed by atoms with E-state index >= 15 is 0 Å². The lowest BCUT2D eigenvalue weighted by Gasteiger charge is -2.37. The van der Waals surface area contributed by atoms with Crippen molar-refractivity contribution in [1.82, 2.24) is 10.2 Å². The summed E-state index contributed by atoms with van der Waals surface area (Å²) in [5.41, 5.74) is 3.11. The molecule has 2 aliphatic rings. The van der Waals surface area contributed by atoms with Crippen LogP contribution in [0, 0.1) is 0 Å². The number of phenolic OH excluding ortho intramolecular Hbond substituents is 1. The van der Waals surface area contributed by atoms with Crippen LogP contribution in [0.2, 0.25) is 0 Å². The van der Waals surface area contributed by atoms with Crippen molar-refractivity contribution in [2.24, 2.45) is 4.99 Å². The van der Waals surface area contributed by atoms with E-state index in [0.29, 0.717) is 5.75 Å². The van der Waals surface area contributed by atoms with Gasteiger partial charge in [-0.05, 0) is 30.2 Å². The number of carbonyl (C=O) groups is 1. The smallest absolute Gasteiger partial charge is 0.246 e. The topological polar surface area (TPSA) is 71.4 Å². The van der Waals surface area contributed by atoms with Crippen molar-refractivity contribution < 1.29 is 9.90 Å². The number of rotatable bonds is 3. The molecule has 2 aliphatic heterocycles. The highest BCUT2D eigenvalue weighted by Crippen LogP contribution is 2.28. The van der Waals surface area contributed by atoms with Crippen molar-refractivity contribution in [3.63, 3.8) is 0 Å². The molecule has 160 valence electrons. The molecule has 0 radical (unpaired) electrons. The zero-order chi connectivity index (χ0) is 20.2. The third kappa shape index (κ3) is 4.63. The number of anilines is 2. The fourth-order valence-corrected chi connectivity index (χ4v) is 4.07. The zero-order valence-electron chi connectivity index (χ0n) is 17.1. The monoisotopic (exact) mass is 521 g/mol. The molecule has 8 heteroatoms. The molecule has 0 aliphatic carbocycles. The minimum absolute atomic E-state index is 0. The Bertz CT molecular complexity index is 912. The number of benzene rings is 2. The van der Waals surface area contributed by atoms with Gasteiger partial charge >= 0.3 is 0 Å². The second-order valence-corrected chi connectivity index (χ2v) is 7.29. The van der Waals surface area contributed by atoms with Gasteiger partial charge in [-0.2, -0.15) is 0 Å². The molecular weight excluding hydrogens is 493 g/mol. The zero-order valence-corrected chi connectivity index (χ0v) is 19.5. The largest absolute Gasteiger partial charge is 0.506 e. The summed E-state index contributed by atoms with van der Waals surface area (Å²) in [5.74, 6) is 1.10. The van der Waals surface area contributed by atoms with E-state index in [1.165, 1.54) is 5.56 Å². The third-order valence-corrected chi connectivity index (χ3v) is 5.60.